The average Bonchev–Trinajstić information content (AvgIpc) is 3.29. The second-order valence-electron chi connectivity index (χ2n) is 6.90. The second-order valence-corrected chi connectivity index (χ2v) is 7.97. The molecule has 1 saturated carbocycles. The summed E-state index contributed by atoms with van der Waals surface area (Å²) in [7, 11) is 3.56. The molecule has 0 aliphatic heterocycles. The third kappa shape index (κ3) is 4.84. The Morgan fingerprint density at radius 1 is 1.28 bits per heavy atom. The number of aromatic amines is 1. The molecule has 0 saturated heterocycles. The number of carbonyl (C=O) groups is 1. The topological polar surface area (TPSA) is 61.9 Å². The van der Waals surface area contributed by atoms with Crippen LogP contribution in [0, 0.1) is 5.92 Å². The molecule has 1 amide bonds. The summed E-state index contributed by atoms with van der Waals surface area (Å²) in [5, 5.41) is 7.69. The van der Waals surface area contributed by atoms with E-state index in [1.807, 2.05) is 30.3 Å². The van der Waals surface area contributed by atoms with E-state index in [1.54, 1.807) is 19.0 Å². The first-order valence-electron chi connectivity index (χ1n) is 8.97. The van der Waals surface area contributed by atoms with Gasteiger partial charge in [-0.25, -0.2) is 4.98 Å². The van der Waals surface area contributed by atoms with E-state index < -0.39 is 0 Å². The standard InChI is InChI=1S/C19H26N4OS/c1-23(2)18(24)17(15-10-4-3-5-11-15)25-19-20-16(21-22-19)13-12-14-8-6-7-9-14/h3-5,10-11,14,17H,6-9,12-13H2,1-2H3,(H,20,21,22)/t17-/m0/s1. The number of carbonyl (C=O) groups excluding carboxylic acids is 1. The number of hydrogen-bond donors (Lipinski definition) is 1. The SMILES string of the molecule is CN(C)C(=O)[C@@H](Sc1n[nH]c(CCC2CCCC2)n1)c1ccccc1. The van der Waals surface area contributed by atoms with Crippen molar-refractivity contribution in [3.8, 4) is 0 Å². The zero-order valence-corrected chi connectivity index (χ0v) is 15.8. The number of benzene rings is 1. The minimum absolute atomic E-state index is 0.0495. The number of H-pyrrole nitrogens is 1. The highest BCUT2D eigenvalue weighted by Gasteiger charge is 2.25. The molecular weight excluding hydrogens is 332 g/mol. The van der Waals surface area contributed by atoms with E-state index in [0.717, 1.165) is 23.7 Å². The van der Waals surface area contributed by atoms with Crippen molar-refractivity contribution in [2.45, 2.75) is 48.9 Å². The van der Waals surface area contributed by atoms with Gasteiger partial charge in [0.15, 0.2) is 0 Å². The van der Waals surface area contributed by atoms with Gasteiger partial charge in [0.05, 0.1) is 0 Å². The predicted octanol–water partition coefficient (Wildman–Crippen LogP) is 3.85. The number of rotatable bonds is 7. The van der Waals surface area contributed by atoms with Crippen molar-refractivity contribution >= 4 is 17.7 Å². The quantitative estimate of drug-likeness (QED) is 0.764. The molecular formula is C19H26N4OS. The molecule has 3 rings (SSSR count). The number of amides is 1. The first kappa shape index (κ1) is 18.0. The third-order valence-electron chi connectivity index (χ3n) is 4.77. The monoisotopic (exact) mass is 358 g/mol. The molecule has 1 aliphatic carbocycles. The van der Waals surface area contributed by atoms with E-state index in [4.69, 9.17) is 0 Å². The maximum atomic E-state index is 12.6. The van der Waals surface area contributed by atoms with Crippen molar-refractivity contribution in [2.75, 3.05) is 14.1 Å². The molecule has 6 heteroatoms. The summed E-state index contributed by atoms with van der Waals surface area (Å²) in [6.45, 7) is 0. The van der Waals surface area contributed by atoms with Gasteiger partial charge in [0.25, 0.3) is 0 Å². The molecule has 2 aromatic rings. The van der Waals surface area contributed by atoms with Crippen LogP contribution in [0.15, 0.2) is 35.5 Å². The normalized spacial score (nSPS) is 16.1. The van der Waals surface area contributed by atoms with Crippen LogP contribution in [0.5, 0.6) is 0 Å². The van der Waals surface area contributed by atoms with Crippen LogP contribution in [0.3, 0.4) is 0 Å². The molecule has 0 spiro atoms. The van der Waals surface area contributed by atoms with E-state index in [2.05, 4.69) is 15.2 Å². The summed E-state index contributed by atoms with van der Waals surface area (Å²) in [4.78, 5) is 18.8. The van der Waals surface area contributed by atoms with Crippen LogP contribution in [-0.2, 0) is 11.2 Å². The van der Waals surface area contributed by atoms with Crippen LogP contribution in [0.1, 0.15) is 48.7 Å². The molecule has 1 aromatic carbocycles. The molecule has 5 nitrogen and oxygen atoms in total. The number of aromatic nitrogens is 3. The van der Waals surface area contributed by atoms with Gasteiger partial charge in [-0.3, -0.25) is 9.89 Å². The van der Waals surface area contributed by atoms with E-state index in [0.29, 0.717) is 5.16 Å². The van der Waals surface area contributed by atoms with Crippen molar-refractivity contribution in [1.82, 2.24) is 20.1 Å². The van der Waals surface area contributed by atoms with E-state index in [-0.39, 0.29) is 11.2 Å². The number of likely N-dealkylation sites (N-methyl/N-ethyl adjacent to an activating group) is 1. The Bertz CT molecular complexity index is 680. The smallest absolute Gasteiger partial charge is 0.240 e. The fourth-order valence-corrected chi connectivity index (χ4v) is 4.39. The van der Waals surface area contributed by atoms with Gasteiger partial charge in [-0.05, 0) is 17.9 Å². The van der Waals surface area contributed by atoms with Gasteiger partial charge in [-0.1, -0.05) is 67.8 Å². The van der Waals surface area contributed by atoms with E-state index >= 15 is 0 Å². The average molecular weight is 359 g/mol. The van der Waals surface area contributed by atoms with Gasteiger partial charge >= 0.3 is 0 Å². The molecule has 1 aromatic heterocycles. The Kier molecular flexibility index (Phi) is 6.13. The van der Waals surface area contributed by atoms with Crippen LogP contribution in [-0.4, -0.2) is 40.1 Å². The summed E-state index contributed by atoms with van der Waals surface area (Å²) >= 11 is 1.41. The van der Waals surface area contributed by atoms with Crippen molar-refractivity contribution in [3.05, 3.63) is 41.7 Å². The van der Waals surface area contributed by atoms with Crippen molar-refractivity contribution in [1.29, 1.82) is 0 Å². The van der Waals surface area contributed by atoms with Crippen LogP contribution in [0.4, 0.5) is 0 Å². The highest BCUT2D eigenvalue weighted by Crippen LogP contribution is 2.35. The summed E-state index contributed by atoms with van der Waals surface area (Å²) in [6.07, 6.45) is 7.56. The maximum absolute atomic E-state index is 12.6. The summed E-state index contributed by atoms with van der Waals surface area (Å²) in [5.74, 6) is 1.82. The molecule has 1 N–H and O–H groups in total. The van der Waals surface area contributed by atoms with Gasteiger partial charge in [0.2, 0.25) is 11.1 Å². The lowest BCUT2D eigenvalue weighted by Crippen LogP contribution is -2.26. The Labute approximate surface area is 153 Å². The third-order valence-corrected chi connectivity index (χ3v) is 5.87. The Hall–Kier alpha value is -1.82. The molecule has 0 bridgehead atoms. The molecule has 25 heavy (non-hydrogen) atoms. The van der Waals surface area contributed by atoms with Crippen LogP contribution in [0.2, 0.25) is 0 Å². The Morgan fingerprint density at radius 2 is 2.00 bits per heavy atom. The minimum Gasteiger partial charge on any atom is -0.348 e. The summed E-state index contributed by atoms with van der Waals surface area (Å²) in [6, 6.07) is 9.83. The van der Waals surface area contributed by atoms with Crippen LogP contribution < -0.4 is 0 Å². The number of hydrogen-bond acceptors (Lipinski definition) is 4. The number of nitrogens with one attached hydrogen (secondary N) is 1. The fourth-order valence-electron chi connectivity index (χ4n) is 3.31. The molecule has 1 fully saturated rings. The van der Waals surface area contributed by atoms with Crippen LogP contribution >= 0.6 is 11.8 Å². The van der Waals surface area contributed by atoms with Gasteiger partial charge in [-0.15, -0.1) is 5.10 Å². The second kappa shape index (κ2) is 8.52. The lowest BCUT2D eigenvalue weighted by atomic mass is 10.0. The fraction of sp³-hybridized carbons (Fsp3) is 0.526. The lowest BCUT2D eigenvalue weighted by molar-refractivity contribution is -0.128. The Balaban J connectivity index is 1.66. The lowest BCUT2D eigenvalue weighted by Gasteiger charge is -2.19. The number of nitrogens with zero attached hydrogens (tertiary/aromatic N) is 3. The highest BCUT2D eigenvalue weighted by molar-refractivity contribution is 8.00. The van der Waals surface area contributed by atoms with Crippen molar-refractivity contribution in [3.63, 3.8) is 0 Å². The van der Waals surface area contributed by atoms with Gasteiger partial charge < -0.3 is 4.90 Å². The summed E-state index contributed by atoms with van der Waals surface area (Å²) < 4.78 is 0. The predicted molar refractivity (Wildman–Crippen MR) is 100 cm³/mol. The highest BCUT2D eigenvalue weighted by atomic mass is 32.2. The molecule has 1 atom stereocenters. The molecule has 134 valence electrons. The molecule has 1 aliphatic rings. The largest absolute Gasteiger partial charge is 0.348 e. The Morgan fingerprint density at radius 3 is 2.68 bits per heavy atom. The first-order valence-corrected chi connectivity index (χ1v) is 9.85. The number of aryl methyl sites for hydroxylation is 1. The van der Waals surface area contributed by atoms with Crippen LogP contribution in [0.25, 0.3) is 0 Å². The molecule has 0 radical (unpaired) electrons. The number of thioether (sulfide) groups is 1. The zero-order valence-electron chi connectivity index (χ0n) is 14.9. The van der Waals surface area contributed by atoms with Crippen molar-refractivity contribution in [2.24, 2.45) is 5.92 Å². The van der Waals surface area contributed by atoms with E-state index in [1.165, 1.54) is 43.9 Å². The molecule has 1 heterocycles. The van der Waals surface area contributed by atoms with E-state index in [9.17, 15) is 4.79 Å². The van der Waals surface area contributed by atoms with Gasteiger partial charge in [-0.2, -0.15) is 0 Å². The maximum Gasteiger partial charge on any atom is 0.240 e. The van der Waals surface area contributed by atoms with Gasteiger partial charge in [0.1, 0.15) is 11.1 Å². The minimum atomic E-state index is -0.324. The van der Waals surface area contributed by atoms with Gasteiger partial charge in [0, 0.05) is 20.5 Å². The van der Waals surface area contributed by atoms with Crippen molar-refractivity contribution < 1.29 is 4.79 Å². The summed E-state index contributed by atoms with van der Waals surface area (Å²) in [5.41, 5.74) is 0.975. The zero-order chi connectivity index (χ0) is 17.6. The molecule has 0 unspecified atom stereocenters. The first-order chi connectivity index (χ1) is 12.1.